The van der Waals surface area contributed by atoms with Gasteiger partial charge in [0.1, 0.15) is 5.82 Å². The molecule has 0 unspecified atom stereocenters. The predicted octanol–water partition coefficient (Wildman–Crippen LogP) is 7.09. The first-order chi connectivity index (χ1) is 15.9. The lowest BCUT2D eigenvalue weighted by Crippen LogP contribution is -2.20. The number of allylic oxidation sites excluding steroid dienone is 1. The second-order valence-electron chi connectivity index (χ2n) is 9.08. The summed E-state index contributed by atoms with van der Waals surface area (Å²) in [5, 5.41) is 15.2. The van der Waals surface area contributed by atoms with Gasteiger partial charge in [0.25, 0.3) is 0 Å². The highest BCUT2D eigenvalue weighted by molar-refractivity contribution is 5.56. The van der Waals surface area contributed by atoms with Gasteiger partial charge >= 0.3 is 0 Å². The molecule has 0 radical (unpaired) electrons. The standard InChI is InChI=1S/C29H37FN2O/c1-5-23(9-7-8-22(4)29(33)19-24-12-10-21(3)11-13-24)18-28-25(6-2)20-31-32(28)27-16-14-26(30)15-17-27/h10-18,20,22,29,33H,5-9,19H2,1-4H3/b23-18+/t22-,29+/m1/s1. The normalized spacial score (nSPS) is 13.8. The fraction of sp³-hybridized carbons (Fsp3) is 0.414. The molecule has 0 aliphatic rings. The van der Waals surface area contributed by atoms with E-state index in [1.807, 2.05) is 10.9 Å². The van der Waals surface area contributed by atoms with Crippen LogP contribution in [0.3, 0.4) is 0 Å². The zero-order valence-corrected chi connectivity index (χ0v) is 20.4. The van der Waals surface area contributed by atoms with Gasteiger partial charge in [0.2, 0.25) is 0 Å². The van der Waals surface area contributed by atoms with Gasteiger partial charge in [-0.05, 0) is 92.8 Å². The van der Waals surface area contributed by atoms with E-state index in [1.54, 1.807) is 12.1 Å². The number of aliphatic hydroxyl groups is 1. The van der Waals surface area contributed by atoms with E-state index in [0.717, 1.165) is 43.5 Å². The van der Waals surface area contributed by atoms with Crippen LogP contribution < -0.4 is 0 Å². The minimum absolute atomic E-state index is 0.244. The monoisotopic (exact) mass is 448 g/mol. The van der Waals surface area contributed by atoms with Crippen molar-refractivity contribution in [1.29, 1.82) is 0 Å². The molecule has 1 aromatic heterocycles. The minimum atomic E-state index is -0.326. The summed E-state index contributed by atoms with van der Waals surface area (Å²) in [4.78, 5) is 0. The lowest BCUT2D eigenvalue weighted by Gasteiger charge is -2.19. The Morgan fingerprint density at radius 1 is 1.09 bits per heavy atom. The summed E-state index contributed by atoms with van der Waals surface area (Å²) >= 11 is 0. The molecule has 0 saturated heterocycles. The van der Waals surface area contributed by atoms with E-state index in [-0.39, 0.29) is 17.8 Å². The molecular formula is C29H37FN2O. The summed E-state index contributed by atoms with van der Waals surface area (Å²) in [6, 6.07) is 14.9. The molecule has 0 saturated carbocycles. The van der Waals surface area contributed by atoms with Crippen LogP contribution in [0.4, 0.5) is 4.39 Å². The van der Waals surface area contributed by atoms with Gasteiger partial charge in [-0.25, -0.2) is 9.07 Å². The molecule has 0 fully saturated rings. The second-order valence-corrected chi connectivity index (χ2v) is 9.08. The van der Waals surface area contributed by atoms with Crippen molar-refractivity contribution in [2.75, 3.05) is 0 Å². The molecule has 0 spiro atoms. The Hall–Kier alpha value is -2.72. The second kappa shape index (κ2) is 11.9. The zero-order chi connectivity index (χ0) is 23.8. The van der Waals surface area contributed by atoms with Gasteiger partial charge in [0.15, 0.2) is 0 Å². The molecule has 3 aromatic rings. The van der Waals surface area contributed by atoms with Gasteiger partial charge in [0.05, 0.1) is 23.7 Å². The topological polar surface area (TPSA) is 38.0 Å². The summed E-state index contributed by atoms with van der Waals surface area (Å²) in [6.45, 7) is 8.54. The van der Waals surface area contributed by atoms with Crippen LogP contribution in [0.5, 0.6) is 0 Å². The molecule has 3 rings (SSSR count). The molecule has 176 valence electrons. The SMILES string of the molecule is CC/C(=C\c1c(CC)cnn1-c1ccc(F)cc1)CCC[C@@H](C)[C@@H](O)Cc1ccc(C)cc1. The molecule has 4 heteroatoms. The summed E-state index contributed by atoms with van der Waals surface area (Å²) in [5.41, 5.74) is 6.93. The quantitative estimate of drug-likeness (QED) is 0.340. The molecule has 2 atom stereocenters. The highest BCUT2D eigenvalue weighted by Gasteiger charge is 2.15. The average molecular weight is 449 g/mol. The number of hydrogen-bond acceptors (Lipinski definition) is 2. The Balaban J connectivity index is 1.63. The maximum atomic E-state index is 13.4. The fourth-order valence-electron chi connectivity index (χ4n) is 4.16. The van der Waals surface area contributed by atoms with Crippen LogP contribution in [0.2, 0.25) is 0 Å². The number of halogens is 1. The molecule has 0 bridgehead atoms. The summed E-state index contributed by atoms with van der Waals surface area (Å²) in [7, 11) is 0. The van der Waals surface area contributed by atoms with E-state index in [1.165, 1.54) is 34.4 Å². The highest BCUT2D eigenvalue weighted by Crippen LogP contribution is 2.24. The maximum Gasteiger partial charge on any atom is 0.123 e. The van der Waals surface area contributed by atoms with E-state index >= 15 is 0 Å². The van der Waals surface area contributed by atoms with E-state index < -0.39 is 0 Å². The van der Waals surface area contributed by atoms with Crippen LogP contribution in [0.15, 0.2) is 60.3 Å². The first-order valence-electron chi connectivity index (χ1n) is 12.2. The van der Waals surface area contributed by atoms with Gasteiger partial charge in [-0.1, -0.05) is 56.2 Å². The fourth-order valence-corrected chi connectivity index (χ4v) is 4.16. The summed E-state index contributed by atoms with van der Waals surface area (Å²) in [6.07, 6.45) is 9.43. The molecule has 0 amide bonds. The van der Waals surface area contributed by atoms with Gasteiger partial charge in [-0.15, -0.1) is 0 Å². The van der Waals surface area contributed by atoms with Crippen molar-refractivity contribution in [3.8, 4) is 5.69 Å². The Morgan fingerprint density at radius 3 is 2.42 bits per heavy atom. The number of nitrogens with zero attached hydrogens (tertiary/aromatic N) is 2. The third-order valence-electron chi connectivity index (χ3n) is 6.51. The van der Waals surface area contributed by atoms with Crippen LogP contribution in [-0.2, 0) is 12.8 Å². The third kappa shape index (κ3) is 6.88. The smallest absolute Gasteiger partial charge is 0.123 e. The summed E-state index contributed by atoms with van der Waals surface area (Å²) < 4.78 is 15.3. The molecule has 1 heterocycles. The van der Waals surface area contributed by atoms with Crippen molar-refractivity contribution in [2.24, 2.45) is 5.92 Å². The van der Waals surface area contributed by atoms with Gasteiger partial charge in [-0.2, -0.15) is 5.10 Å². The van der Waals surface area contributed by atoms with E-state index in [9.17, 15) is 9.50 Å². The minimum Gasteiger partial charge on any atom is -0.393 e. The van der Waals surface area contributed by atoms with Gasteiger partial charge in [0, 0.05) is 0 Å². The van der Waals surface area contributed by atoms with Crippen molar-refractivity contribution < 1.29 is 9.50 Å². The lowest BCUT2D eigenvalue weighted by molar-refractivity contribution is 0.111. The largest absolute Gasteiger partial charge is 0.393 e. The average Bonchev–Trinajstić information content (AvgIpc) is 3.22. The van der Waals surface area contributed by atoms with Crippen LogP contribution >= 0.6 is 0 Å². The Labute approximate surface area is 198 Å². The maximum absolute atomic E-state index is 13.4. The van der Waals surface area contributed by atoms with Crippen LogP contribution in [0, 0.1) is 18.7 Å². The van der Waals surface area contributed by atoms with E-state index in [2.05, 4.69) is 63.1 Å². The van der Waals surface area contributed by atoms with Crippen LogP contribution in [0.25, 0.3) is 11.8 Å². The van der Waals surface area contributed by atoms with Crippen LogP contribution in [0.1, 0.15) is 68.8 Å². The Bertz CT molecular complexity index is 1030. The molecule has 3 nitrogen and oxygen atoms in total. The van der Waals surface area contributed by atoms with E-state index in [0.29, 0.717) is 6.42 Å². The highest BCUT2D eigenvalue weighted by atomic mass is 19.1. The van der Waals surface area contributed by atoms with Crippen molar-refractivity contribution >= 4 is 6.08 Å². The summed E-state index contributed by atoms with van der Waals surface area (Å²) in [5.74, 6) is 0.00648. The van der Waals surface area contributed by atoms with Crippen molar-refractivity contribution in [3.05, 3.63) is 88.5 Å². The number of benzene rings is 2. The number of rotatable bonds is 11. The Kier molecular flexibility index (Phi) is 9.02. The lowest BCUT2D eigenvalue weighted by atomic mass is 9.91. The Morgan fingerprint density at radius 2 is 1.79 bits per heavy atom. The van der Waals surface area contributed by atoms with Crippen molar-refractivity contribution in [1.82, 2.24) is 9.78 Å². The zero-order valence-electron chi connectivity index (χ0n) is 20.4. The first-order valence-corrected chi connectivity index (χ1v) is 12.2. The molecule has 0 aliphatic carbocycles. The number of hydrogen-bond donors (Lipinski definition) is 1. The first kappa shape index (κ1) is 24.9. The van der Waals surface area contributed by atoms with Gasteiger partial charge in [-0.3, -0.25) is 0 Å². The molecule has 33 heavy (non-hydrogen) atoms. The van der Waals surface area contributed by atoms with Gasteiger partial charge < -0.3 is 5.11 Å². The number of aliphatic hydroxyl groups excluding tert-OH is 1. The molecule has 2 aromatic carbocycles. The van der Waals surface area contributed by atoms with Crippen molar-refractivity contribution in [2.45, 2.75) is 72.3 Å². The molecular weight excluding hydrogens is 411 g/mol. The molecule has 1 N–H and O–H groups in total. The van der Waals surface area contributed by atoms with Crippen molar-refractivity contribution in [3.63, 3.8) is 0 Å². The third-order valence-corrected chi connectivity index (χ3v) is 6.51. The number of aryl methyl sites for hydroxylation is 2. The van der Waals surface area contributed by atoms with Crippen LogP contribution in [-0.4, -0.2) is 21.0 Å². The molecule has 0 aliphatic heterocycles. The predicted molar refractivity (Wildman–Crippen MR) is 135 cm³/mol. The van der Waals surface area contributed by atoms with E-state index in [4.69, 9.17) is 0 Å². The number of aromatic nitrogens is 2.